The maximum absolute atomic E-state index is 13.7. The molecule has 3 nitrogen and oxygen atoms in total. The molecule has 210 valence electrons. The van der Waals surface area contributed by atoms with Crippen molar-refractivity contribution >= 4 is 5.69 Å². The van der Waals surface area contributed by atoms with Gasteiger partial charge in [0.25, 0.3) is 0 Å². The molecule has 0 radical (unpaired) electrons. The van der Waals surface area contributed by atoms with Crippen LogP contribution in [0.25, 0.3) is 0 Å². The lowest BCUT2D eigenvalue weighted by Crippen LogP contribution is -2.47. The third kappa shape index (κ3) is 7.07. The molecule has 4 aromatic carbocycles. The number of aryl methyl sites for hydroxylation is 1. The van der Waals surface area contributed by atoms with E-state index in [1.807, 2.05) is 66.7 Å². The highest BCUT2D eigenvalue weighted by Gasteiger charge is 2.43. The van der Waals surface area contributed by atoms with E-state index in [1.165, 1.54) is 28.8 Å². The number of benzene rings is 4. The Hall–Kier alpha value is -4.31. The van der Waals surface area contributed by atoms with E-state index in [0.29, 0.717) is 25.0 Å². The molecule has 1 aliphatic rings. The minimum Gasteiger partial charge on any atom is -0.490 e. The van der Waals surface area contributed by atoms with Crippen LogP contribution in [0.4, 0.5) is 10.1 Å². The van der Waals surface area contributed by atoms with Crippen molar-refractivity contribution < 1.29 is 13.9 Å². The Morgan fingerprint density at radius 3 is 2.05 bits per heavy atom. The van der Waals surface area contributed by atoms with Crippen molar-refractivity contribution in [3.05, 3.63) is 150 Å². The van der Waals surface area contributed by atoms with Crippen molar-refractivity contribution in [1.29, 1.82) is 0 Å². The zero-order chi connectivity index (χ0) is 28.6. The lowest BCUT2D eigenvalue weighted by Gasteiger charge is -2.52. The van der Waals surface area contributed by atoms with Gasteiger partial charge in [0, 0.05) is 17.3 Å². The summed E-state index contributed by atoms with van der Waals surface area (Å²) in [6.07, 6.45) is 6.03. The minimum absolute atomic E-state index is 0.141. The average molecular weight is 548 g/mol. The Bertz CT molecular complexity index is 1430. The molecule has 4 heteroatoms. The zero-order valence-corrected chi connectivity index (χ0v) is 23.9. The van der Waals surface area contributed by atoms with Gasteiger partial charge in [0.15, 0.2) is 0 Å². The molecule has 1 aliphatic heterocycles. The third-order valence-corrected chi connectivity index (χ3v) is 7.88. The van der Waals surface area contributed by atoms with Crippen LogP contribution in [-0.2, 0) is 0 Å². The zero-order valence-electron chi connectivity index (χ0n) is 23.9. The maximum Gasteiger partial charge on any atom is 0.123 e. The van der Waals surface area contributed by atoms with Crippen molar-refractivity contribution in [3.8, 4) is 11.5 Å². The average Bonchev–Trinajstić information content (AvgIpc) is 3.00. The van der Waals surface area contributed by atoms with Gasteiger partial charge in [-0.05, 0) is 97.5 Å². The van der Waals surface area contributed by atoms with E-state index in [0.717, 1.165) is 35.7 Å². The van der Waals surface area contributed by atoms with Gasteiger partial charge in [-0.15, -0.1) is 0 Å². The molecule has 0 saturated carbocycles. The van der Waals surface area contributed by atoms with Crippen LogP contribution >= 0.6 is 0 Å². The van der Waals surface area contributed by atoms with Gasteiger partial charge in [-0.2, -0.15) is 0 Å². The molecule has 0 amide bonds. The van der Waals surface area contributed by atoms with Crippen LogP contribution < -0.4 is 14.4 Å². The summed E-state index contributed by atoms with van der Waals surface area (Å²) in [6.45, 7) is 9.84. The predicted molar refractivity (Wildman–Crippen MR) is 166 cm³/mol. The van der Waals surface area contributed by atoms with E-state index in [9.17, 15) is 4.39 Å². The van der Waals surface area contributed by atoms with E-state index in [2.05, 4.69) is 61.7 Å². The van der Waals surface area contributed by atoms with Crippen molar-refractivity contribution in [2.45, 2.75) is 38.6 Å². The maximum atomic E-state index is 13.7. The van der Waals surface area contributed by atoms with Crippen molar-refractivity contribution in [3.63, 3.8) is 0 Å². The molecule has 0 N–H and O–H groups in total. The largest absolute Gasteiger partial charge is 0.490 e. The molecule has 3 unspecified atom stereocenters. The Morgan fingerprint density at radius 2 is 1.41 bits per heavy atom. The predicted octanol–water partition coefficient (Wildman–Crippen LogP) is 9.42. The highest BCUT2D eigenvalue weighted by atomic mass is 19.1. The van der Waals surface area contributed by atoms with Crippen molar-refractivity contribution in [2.75, 3.05) is 18.1 Å². The quantitative estimate of drug-likeness (QED) is 0.165. The fraction of sp³-hybridized carbons (Fsp3) is 0.243. The number of ether oxygens (including phenoxy) is 2. The normalized spacial score (nSPS) is 17.3. The van der Waals surface area contributed by atoms with E-state index in [1.54, 1.807) is 0 Å². The van der Waals surface area contributed by atoms with Gasteiger partial charge in [-0.25, -0.2) is 4.39 Å². The molecule has 41 heavy (non-hydrogen) atoms. The number of anilines is 1. The van der Waals surface area contributed by atoms with Gasteiger partial charge in [0.2, 0.25) is 0 Å². The van der Waals surface area contributed by atoms with Gasteiger partial charge in [-0.3, -0.25) is 0 Å². The number of halogens is 1. The Balaban J connectivity index is 1.22. The first-order valence-electron chi connectivity index (χ1n) is 14.4. The Labute approximate surface area is 243 Å². The minimum atomic E-state index is -0.234. The molecule has 3 atom stereocenters. The number of para-hydroxylation sites is 1. The van der Waals surface area contributed by atoms with Gasteiger partial charge in [0.05, 0.1) is 6.04 Å². The Morgan fingerprint density at radius 1 is 0.805 bits per heavy atom. The topological polar surface area (TPSA) is 21.7 Å². The summed E-state index contributed by atoms with van der Waals surface area (Å²) in [5.41, 5.74) is 5.90. The standard InChI is InChI=1S/C37H38FNO2/c1-27-11-14-30(15-12-27)28(2)13-24-36-29(3)39(33-20-18-32(38)19-21-33)37(36)31-16-22-35(23-17-31)41-26-8-7-25-40-34-9-5-4-6-10-34/h4-12,14-23,28,36-37H,3,13,24-26H2,1-2H3/b8-7-. The molecular formula is C37H38FNO2. The molecule has 1 saturated heterocycles. The number of hydrogen-bond acceptors (Lipinski definition) is 3. The monoisotopic (exact) mass is 547 g/mol. The molecule has 0 spiro atoms. The van der Waals surface area contributed by atoms with Gasteiger partial charge in [0.1, 0.15) is 30.5 Å². The summed E-state index contributed by atoms with van der Waals surface area (Å²) in [5, 5.41) is 0. The summed E-state index contributed by atoms with van der Waals surface area (Å²) in [7, 11) is 0. The lowest BCUT2D eigenvalue weighted by molar-refractivity contribution is 0.332. The molecule has 1 fully saturated rings. The van der Waals surface area contributed by atoms with Crippen LogP contribution in [0.1, 0.15) is 48.4 Å². The SMILES string of the molecule is C=C1C(CCC(C)c2ccc(C)cc2)C(c2ccc(OC/C=C\COc3ccccc3)cc2)N1c1ccc(F)cc1. The number of rotatable bonds is 12. The van der Waals surface area contributed by atoms with Crippen LogP contribution in [0, 0.1) is 18.7 Å². The molecule has 0 aromatic heterocycles. The van der Waals surface area contributed by atoms with E-state index in [-0.39, 0.29) is 11.9 Å². The van der Waals surface area contributed by atoms with E-state index in [4.69, 9.17) is 9.47 Å². The van der Waals surface area contributed by atoms with Crippen LogP contribution in [-0.4, -0.2) is 13.2 Å². The number of hydrogen-bond donors (Lipinski definition) is 0. The van der Waals surface area contributed by atoms with Crippen molar-refractivity contribution in [1.82, 2.24) is 0 Å². The van der Waals surface area contributed by atoms with Crippen LogP contribution in [0.5, 0.6) is 11.5 Å². The van der Waals surface area contributed by atoms with Crippen molar-refractivity contribution in [2.24, 2.45) is 5.92 Å². The second kappa shape index (κ2) is 13.4. The lowest BCUT2D eigenvalue weighted by atomic mass is 9.75. The summed E-state index contributed by atoms with van der Waals surface area (Å²) < 4.78 is 25.3. The summed E-state index contributed by atoms with van der Waals surface area (Å²) in [4.78, 5) is 2.24. The fourth-order valence-corrected chi connectivity index (χ4v) is 5.47. The van der Waals surface area contributed by atoms with Gasteiger partial charge < -0.3 is 14.4 Å². The summed E-state index contributed by atoms with van der Waals surface area (Å²) >= 11 is 0. The van der Waals surface area contributed by atoms with Crippen LogP contribution in [0.15, 0.2) is 128 Å². The second-order valence-electron chi connectivity index (χ2n) is 10.8. The van der Waals surface area contributed by atoms with Crippen LogP contribution in [0.2, 0.25) is 0 Å². The molecule has 1 heterocycles. The number of nitrogens with zero attached hydrogens (tertiary/aromatic N) is 1. The molecule has 4 aromatic rings. The first kappa shape index (κ1) is 28.2. The highest BCUT2D eigenvalue weighted by Crippen LogP contribution is 2.51. The molecule has 0 bridgehead atoms. The summed E-state index contributed by atoms with van der Waals surface area (Å²) in [6, 6.07) is 33.8. The Kier molecular flexibility index (Phi) is 9.20. The summed E-state index contributed by atoms with van der Waals surface area (Å²) in [5.74, 6) is 2.21. The third-order valence-electron chi connectivity index (χ3n) is 7.88. The fourth-order valence-electron chi connectivity index (χ4n) is 5.47. The molecule has 0 aliphatic carbocycles. The first-order chi connectivity index (χ1) is 20.0. The van der Waals surface area contributed by atoms with Crippen LogP contribution in [0.3, 0.4) is 0 Å². The van der Waals surface area contributed by atoms with E-state index >= 15 is 0 Å². The van der Waals surface area contributed by atoms with Gasteiger partial charge >= 0.3 is 0 Å². The van der Waals surface area contributed by atoms with E-state index < -0.39 is 0 Å². The molecular weight excluding hydrogens is 509 g/mol. The first-order valence-corrected chi connectivity index (χ1v) is 14.4. The molecule has 5 rings (SSSR count). The van der Waals surface area contributed by atoms with Gasteiger partial charge in [-0.1, -0.05) is 73.7 Å². The second-order valence-corrected chi connectivity index (χ2v) is 10.8. The highest BCUT2D eigenvalue weighted by molar-refractivity contribution is 5.61. The smallest absolute Gasteiger partial charge is 0.123 e.